The van der Waals surface area contributed by atoms with Crippen molar-refractivity contribution >= 4 is 11.8 Å². The lowest BCUT2D eigenvalue weighted by molar-refractivity contribution is -0.131. The van der Waals surface area contributed by atoms with Crippen LogP contribution in [-0.4, -0.2) is 35.4 Å². The van der Waals surface area contributed by atoms with Crippen molar-refractivity contribution in [2.45, 2.75) is 26.8 Å². The van der Waals surface area contributed by atoms with Crippen molar-refractivity contribution in [1.82, 2.24) is 20.6 Å². The normalized spacial score (nSPS) is 21.4. The van der Waals surface area contributed by atoms with E-state index in [0.29, 0.717) is 18.1 Å². The number of methoxy groups -OCH3 is 1. The van der Waals surface area contributed by atoms with Gasteiger partial charge in [0.15, 0.2) is 0 Å². The summed E-state index contributed by atoms with van der Waals surface area (Å²) in [6.45, 7) is 4.15. The number of nitrogens with zero attached hydrogens (tertiary/aromatic N) is 2. The third-order valence-electron chi connectivity index (χ3n) is 3.32. The second-order valence-electron chi connectivity index (χ2n) is 5.16. The fraction of sp³-hybridized carbons (Fsp3) is 0.538. The number of rotatable bonds is 4. The molecule has 20 heavy (non-hydrogen) atoms. The number of nitrogens with one attached hydrogen (secondary N) is 2. The first kappa shape index (κ1) is 14.2. The van der Waals surface area contributed by atoms with Gasteiger partial charge in [-0.3, -0.25) is 14.6 Å². The van der Waals surface area contributed by atoms with Gasteiger partial charge in [-0.25, -0.2) is 4.98 Å². The molecule has 108 valence electrons. The smallest absolute Gasteiger partial charge is 0.237 e. The van der Waals surface area contributed by atoms with Gasteiger partial charge in [0.05, 0.1) is 24.8 Å². The first-order valence-corrected chi connectivity index (χ1v) is 6.36. The second-order valence-corrected chi connectivity index (χ2v) is 5.16. The highest BCUT2D eigenvalue weighted by atomic mass is 16.5. The molecule has 0 saturated carbocycles. The summed E-state index contributed by atoms with van der Waals surface area (Å²) in [7, 11) is 1.51. The maximum atomic E-state index is 12.2. The van der Waals surface area contributed by atoms with Crippen LogP contribution in [0.15, 0.2) is 6.20 Å². The number of hydrogen-bond donors (Lipinski definition) is 2. The van der Waals surface area contributed by atoms with Crippen LogP contribution in [0.4, 0.5) is 0 Å². The molecule has 0 spiro atoms. The minimum absolute atomic E-state index is 0.102. The van der Waals surface area contributed by atoms with E-state index in [2.05, 4.69) is 20.6 Å². The number of ether oxygens (including phenoxy) is 1. The molecule has 0 aliphatic carbocycles. The highest BCUT2D eigenvalue weighted by Crippen LogP contribution is 2.25. The number of aromatic nitrogens is 2. The average Bonchev–Trinajstić information content (AvgIpc) is 2.77. The lowest BCUT2D eigenvalue weighted by Gasteiger charge is -2.20. The van der Waals surface area contributed by atoms with Gasteiger partial charge in [0.1, 0.15) is 5.69 Å². The molecule has 0 radical (unpaired) electrons. The first-order chi connectivity index (χ1) is 9.44. The van der Waals surface area contributed by atoms with Gasteiger partial charge >= 0.3 is 0 Å². The van der Waals surface area contributed by atoms with Crippen LogP contribution in [0.5, 0.6) is 5.88 Å². The molecule has 1 unspecified atom stereocenters. The molecule has 2 amide bonds. The minimum Gasteiger partial charge on any atom is -0.480 e. The Morgan fingerprint density at radius 3 is 2.95 bits per heavy atom. The third-order valence-corrected chi connectivity index (χ3v) is 3.32. The van der Waals surface area contributed by atoms with Crippen LogP contribution in [0, 0.1) is 12.3 Å². The van der Waals surface area contributed by atoms with E-state index in [1.807, 2.05) is 6.92 Å². The van der Waals surface area contributed by atoms with E-state index in [-0.39, 0.29) is 24.8 Å². The van der Waals surface area contributed by atoms with Gasteiger partial charge in [0.2, 0.25) is 17.7 Å². The van der Waals surface area contributed by atoms with Crippen molar-refractivity contribution in [1.29, 1.82) is 0 Å². The lowest BCUT2D eigenvalue weighted by Crippen LogP contribution is -2.40. The van der Waals surface area contributed by atoms with Crippen molar-refractivity contribution in [3.05, 3.63) is 17.6 Å². The summed E-state index contributed by atoms with van der Waals surface area (Å²) >= 11 is 0. The van der Waals surface area contributed by atoms with E-state index in [0.717, 1.165) is 5.69 Å². The molecule has 2 heterocycles. The van der Waals surface area contributed by atoms with Gasteiger partial charge in [-0.2, -0.15) is 0 Å². The van der Waals surface area contributed by atoms with Crippen LogP contribution in [0.2, 0.25) is 0 Å². The predicted octanol–water partition coefficient (Wildman–Crippen LogP) is -0.0640. The Hall–Kier alpha value is -2.18. The van der Waals surface area contributed by atoms with Crippen LogP contribution in [0.1, 0.15) is 24.7 Å². The first-order valence-electron chi connectivity index (χ1n) is 6.36. The largest absolute Gasteiger partial charge is 0.480 e. The average molecular weight is 278 g/mol. The third kappa shape index (κ3) is 2.87. The van der Waals surface area contributed by atoms with Crippen LogP contribution in [-0.2, 0) is 16.1 Å². The lowest BCUT2D eigenvalue weighted by atomic mass is 9.88. The molecular formula is C13H18N4O3. The Labute approximate surface area is 117 Å². The fourth-order valence-corrected chi connectivity index (χ4v) is 2.08. The zero-order valence-corrected chi connectivity index (χ0v) is 11.8. The molecular weight excluding hydrogens is 260 g/mol. The van der Waals surface area contributed by atoms with E-state index in [4.69, 9.17) is 4.74 Å². The highest BCUT2D eigenvalue weighted by molar-refractivity contribution is 5.92. The molecule has 2 rings (SSSR count). The Kier molecular flexibility index (Phi) is 3.87. The summed E-state index contributed by atoms with van der Waals surface area (Å²) in [6, 6.07) is 0. The predicted molar refractivity (Wildman–Crippen MR) is 70.9 cm³/mol. The van der Waals surface area contributed by atoms with E-state index >= 15 is 0 Å². The van der Waals surface area contributed by atoms with Crippen LogP contribution < -0.4 is 15.4 Å². The van der Waals surface area contributed by atoms with Gasteiger partial charge in [-0.15, -0.1) is 0 Å². The molecule has 0 aromatic carbocycles. The summed E-state index contributed by atoms with van der Waals surface area (Å²) in [4.78, 5) is 31.8. The monoisotopic (exact) mass is 278 g/mol. The Balaban J connectivity index is 2.02. The maximum Gasteiger partial charge on any atom is 0.237 e. The molecule has 1 aliphatic rings. The van der Waals surface area contributed by atoms with Crippen molar-refractivity contribution in [2.75, 3.05) is 13.7 Å². The van der Waals surface area contributed by atoms with Gasteiger partial charge in [-0.1, -0.05) is 0 Å². The standard InChI is InChI=1S/C13H18N4O3/c1-8-5-14-9(11(17-8)20-3)6-15-12(19)13(2)4-10(18)16-7-13/h5H,4,6-7H2,1-3H3,(H,15,19)(H,16,18). The van der Waals surface area contributed by atoms with Gasteiger partial charge < -0.3 is 15.4 Å². The summed E-state index contributed by atoms with van der Waals surface area (Å²) in [5, 5.41) is 5.45. The molecule has 7 heteroatoms. The fourth-order valence-electron chi connectivity index (χ4n) is 2.08. The van der Waals surface area contributed by atoms with Gasteiger partial charge in [0, 0.05) is 19.2 Å². The summed E-state index contributed by atoms with van der Waals surface area (Å²) < 4.78 is 5.13. The minimum atomic E-state index is -0.706. The molecule has 0 bridgehead atoms. The summed E-state index contributed by atoms with van der Waals surface area (Å²) in [6.07, 6.45) is 1.82. The number of hydrogen-bond acceptors (Lipinski definition) is 5. The van der Waals surface area contributed by atoms with Crippen molar-refractivity contribution in [3.8, 4) is 5.88 Å². The number of carbonyl (C=O) groups is 2. The van der Waals surface area contributed by atoms with Crippen molar-refractivity contribution in [2.24, 2.45) is 5.41 Å². The molecule has 1 aromatic heterocycles. The molecule has 1 aliphatic heterocycles. The SMILES string of the molecule is COc1nc(C)cnc1CNC(=O)C1(C)CNC(=O)C1. The van der Waals surface area contributed by atoms with Crippen molar-refractivity contribution < 1.29 is 14.3 Å². The molecule has 1 aromatic rings. The molecule has 1 saturated heterocycles. The van der Waals surface area contributed by atoms with Gasteiger partial charge in [-0.05, 0) is 13.8 Å². The molecule has 7 nitrogen and oxygen atoms in total. The maximum absolute atomic E-state index is 12.2. The topological polar surface area (TPSA) is 93.2 Å². The highest BCUT2D eigenvalue weighted by Gasteiger charge is 2.40. The van der Waals surface area contributed by atoms with Crippen LogP contribution in [0.25, 0.3) is 0 Å². The Bertz CT molecular complexity index is 546. The summed E-state index contributed by atoms with van der Waals surface area (Å²) in [5.41, 5.74) is 0.601. The van der Waals surface area contributed by atoms with Crippen LogP contribution >= 0.6 is 0 Å². The molecule has 1 fully saturated rings. The Morgan fingerprint density at radius 1 is 1.60 bits per heavy atom. The Morgan fingerprint density at radius 2 is 2.35 bits per heavy atom. The number of aryl methyl sites for hydroxylation is 1. The molecule has 2 N–H and O–H groups in total. The number of carbonyl (C=O) groups excluding carboxylic acids is 2. The van der Waals surface area contributed by atoms with E-state index in [9.17, 15) is 9.59 Å². The molecule has 1 atom stereocenters. The van der Waals surface area contributed by atoms with E-state index in [1.165, 1.54) is 7.11 Å². The van der Waals surface area contributed by atoms with E-state index in [1.54, 1.807) is 13.1 Å². The second kappa shape index (κ2) is 5.44. The van der Waals surface area contributed by atoms with Gasteiger partial charge in [0.25, 0.3) is 0 Å². The zero-order valence-electron chi connectivity index (χ0n) is 11.8. The zero-order chi connectivity index (χ0) is 14.8. The summed E-state index contributed by atoms with van der Waals surface area (Å²) in [5.74, 6) is 0.117. The number of amides is 2. The van der Waals surface area contributed by atoms with Crippen molar-refractivity contribution in [3.63, 3.8) is 0 Å². The van der Waals surface area contributed by atoms with Crippen LogP contribution in [0.3, 0.4) is 0 Å². The quantitative estimate of drug-likeness (QED) is 0.804. The van der Waals surface area contributed by atoms with E-state index < -0.39 is 5.41 Å².